The minimum absolute atomic E-state index is 0.0864. The number of amides is 1. The topological polar surface area (TPSA) is 58.1 Å². The zero-order chi connectivity index (χ0) is 12.0. The fourth-order valence-electron chi connectivity index (χ4n) is 1.34. The molecule has 0 radical (unpaired) electrons. The van der Waals surface area contributed by atoms with Gasteiger partial charge < -0.3 is 10.2 Å². The van der Waals surface area contributed by atoms with E-state index in [2.05, 4.69) is 15.3 Å². The van der Waals surface area contributed by atoms with Crippen LogP contribution in [0, 0.1) is 0 Å². The van der Waals surface area contributed by atoms with E-state index in [0.29, 0.717) is 5.69 Å². The maximum atomic E-state index is 12.0. The number of hydrogen-bond acceptors (Lipinski definition) is 4. The summed E-state index contributed by atoms with van der Waals surface area (Å²) < 4.78 is 0. The molecule has 0 bridgehead atoms. The van der Waals surface area contributed by atoms with Crippen LogP contribution in [-0.4, -0.2) is 47.5 Å². The number of rotatable bonds is 5. The Morgan fingerprint density at radius 3 is 2.88 bits per heavy atom. The third-order valence-electron chi connectivity index (χ3n) is 2.58. The fraction of sp³-hybridized carbons (Fsp3) is 0.545. The van der Waals surface area contributed by atoms with Gasteiger partial charge in [0.25, 0.3) is 5.91 Å². The van der Waals surface area contributed by atoms with Crippen LogP contribution in [0.1, 0.15) is 23.8 Å². The summed E-state index contributed by atoms with van der Waals surface area (Å²) in [4.78, 5) is 21.5. The lowest BCUT2D eigenvalue weighted by Gasteiger charge is -2.24. The highest BCUT2D eigenvalue weighted by atomic mass is 16.2. The van der Waals surface area contributed by atoms with E-state index in [0.717, 1.165) is 13.0 Å². The van der Waals surface area contributed by atoms with Crippen molar-refractivity contribution in [3.8, 4) is 0 Å². The lowest BCUT2D eigenvalue weighted by atomic mass is 10.2. The molecule has 1 aromatic rings. The first-order valence-electron chi connectivity index (χ1n) is 5.34. The number of hydrogen-bond donors (Lipinski definition) is 1. The average molecular weight is 222 g/mol. The molecule has 16 heavy (non-hydrogen) atoms. The van der Waals surface area contributed by atoms with E-state index in [1.54, 1.807) is 18.1 Å². The lowest BCUT2D eigenvalue weighted by Crippen LogP contribution is -2.37. The summed E-state index contributed by atoms with van der Waals surface area (Å²) >= 11 is 0. The number of aromatic nitrogens is 2. The molecule has 0 aliphatic heterocycles. The first kappa shape index (κ1) is 12.6. The van der Waals surface area contributed by atoms with Gasteiger partial charge >= 0.3 is 0 Å². The number of nitrogens with zero attached hydrogens (tertiary/aromatic N) is 3. The zero-order valence-corrected chi connectivity index (χ0v) is 9.97. The Morgan fingerprint density at radius 2 is 2.31 bits per heavy atom. The van der Waals surface area contributed by atoms with Crippen molar-refractivity contribution >= 4 is 5.91 Å². The van der Waals surface area contributed by atoms with Crippen LogP contribution < -0.4 is 5.32 Å². The van der Waals surface area contributed by atoms with Crippen molar-refractivity contribution in [1.82, 2.24) is 20.2 Å². The van der Waals surface area contributed by atoms with Gasteiger partial charge in [-0.3, -0.25) is 9.78 Å². The second kappa shape index (κ2) is 6.17. The van der Waals surface area contributed by atoms with Crippen molar-refractivity contribution in [2.24, 2.45) is 0 Å². The van der Waals surface area contributed by atoms with Crippen LogP contribution in [-0.2, 0) is 0 Å². The van der Waals surface area contributed by atoms with Gasteiger partial charge in [-0.2, -0.15) is 0 Å². The lowest BCUT2D eigenvalue weighted by molar-refractivity contribution is 0.0731. The summed E-state index contributed by atoms with van der Waals surface area (Å²) in [5.41, 5.74) is 0.390. The van der Waals surface area contributed by atoms with E-state index in [4.69, 9.17) is 0 Å². The van der Waals surface area contributed by atoms with Crippen LogP contribution in [0.5, 0.6) is 0 Å². The smallest absolute Gasteiger partial charge is 0.274 e. The molecular formula is C11H18N4O. The molecule has 1 unspecified atom stereocenters. The van der Waals surface area contributed by atoms with Gasteiger partial charge in [0.15, 0.2) is 0 Å². The summed E-state index contributed by atoms with van der Waals surface area (Å²) in [5.74, 6) is -0.0864. The highest BCUT2D eigenvalue weighted by molar-refractivity contribution is 5.91. The molecule has 5 nitrogen and oxygen atoms in total. The molecule has 88 valence electrons. The second-order valence-electron chi connectivity index (χ2n) is 3.75. The quantitative estimate of drug-likeness (QED) is 0.790. The van der Waals surface area contributed by atoms with Crippen molar-refractivity contribution in [2.75, 3.05) is 20.6 Å². The van der Waals surface area contributed by atoms with Gasteiger partial charge in [0, 0.05) is 25.5 Å². The van der Waals surface area contributed by atoms with E-state index in [-0.39, 0.29) is 11.9 Å². The van der Waals surface area contributed by atoms with Crippen LogP contribution in [0.15, 0.2) is 18.6 Å². The number of nitrogens with one attached hydrogen (secondary N) is 1. The van der Waals surface area contributed by atoms with Gasteiger partial charge in [0.1, 0.15) is 5.69 Å². The Kier molecular flexibility index (Phi) is 4.85. The molecule has 0 aliphatic rings. The van der Waals surface area contributed by atoms with E-state index in [1.807, 2.05) is 14.0 Å². The Labute approximate surface area is 95.9 Å². The van der Waals surface area contributed by atoms with Crippen molar-refractivity contribution in [1.29, 1.82) is 0 Å². The monoisotopic (exact) mass is 222 g/mol. The molecule has 1 rings (SSSR count). The molecule has 0 aliphatic carbocycles. The highest BCUT2D eigenvalue weighted by Crippen LogP contribution is 2.05. The van der Waals surface area contributed by atoms with Gasteiger partial charge in [0.05, 0.1) is 6.20 Å². The maximum absolute atomic E-state index is 12.0. The third-order valence-corrected chi connectivity index (χ3v) is 2.58. The van der Waals surface area contributed by atoms with Crippen molar-refractivity contribution < 1.29 is 4.79 Å². The summed E-state index contributed by atoms with van der Waals surface area (Å²) in [6.45, 7) is 2.91. The zero-order valence-electron chi connectivity index (χ0n) is 9.97. The van der Waals surface area contributed by atoms with E-state index in [1.165, 1.54) is 12.4 Å². The summed E-state index contributed by atoms with van der Waals surface area (Å²) in [5, 5.41) is 3.07. The summed E-state index contributed by atoms with van der Waals surface area (Å²) in [6.07, 6.45) is 5.49. The molecule has 1 heterocycles. The van der Waals surface area contributed by atoms with Crippen LogP contribution in [0.3, 0.4) is 0 Å². The molecule has 0 saturated heterocycles. The van der Waals surface area contributed by atoms with E-state index < -0.39 is 0 Å². The highest BCUT2D eigenvalue weighted by Gasteiger charge is 2.17. The predicted molar refractivity (Wildman–Crippen MR) is 62.1 cm³/mol. The second-order valence-corrected chi connectivity index (χ2v) is 3.75. The fourth-order valence-corrected chi connectivity index (χ4v) is 1.34. The molecule has 1 atom stereocenters. The molecule has 0 fully saturated rings. The first-order valence-corrected chi connectivity index (χ1v) is 5.34. The predicted octanol–water partition coefficient (Wildman–Crippen LogP) is 0.547. The van der Waals surface area contributed by atoms with Gasteiger partial charge in [-0.1, -0.05) is 0 Å². The van der Waals surface area contributed by atoms with Gasteiger partial charge in [-0.25, -0.2) is 4.98 Å². The van der Waals surface area contributed by atoms with Crippen molar-refractivity contribution in [2.45, 2.75) is 19.4 Å². The van der Waals surface area contributed by atoms with Crippen molar-refractivity contribution in [3.05, 3.63) is 24.3 Å². The molecule has 1 N–H and O–H groups in total. The number of carbonyl (C=O) groups is 1. The SMILES string of the molecule is CNCCC(C)N(C)C(=O)c1cnccn1. The Balaban J connectivity index is 2.60. The molecule has 5 heteroatoms. The van der Waals surface area contributed by atoms with Crippen LogP contribution >= 0.6 is 0 Å². The minimum Gasteiger partial charge on any atom is -0.338 e. The normalized spacial score (nSPS) is 12.2. The summed E-state index contributed by atoms with van der Waals surface area (Å²) in [7, 11) is 3.69. The Bertz CT molecular complexity index is 328. The third kappa shape index (κ3) is 3.27. The molecule has 0 saturated carbocycles. The Morgan fingerprint density at radius 1 is 1.56 bits per heavy atom. The van der Waals surface area contributed by atoms with E-state index in [9.17, 15) is 4.79 Å². The van der Waals surface area contributed by atoms with Gasteiger partial charge in [-0.05, 0) is 26.9 Å². The molecule has 1 amide bonds. The van der Waals surface area contributed by atoms with Crippen LogP contribution in [0.25, 0.3) is 0 Å². The van der Waals surface area contributed by atoms with E-state index >= 15 is 0 Å². The molecule has 0 aromatic carbocycles. The van der Waals surface area contributed by atoms with Gasteiger partial charge in [0.2, 0.25) is 0 Å². The Hall–Kier alpha value is -1.49. The van der Waals surface area contributed by atoms with Gasteiger partial charge in [-0.15, -0.1) is 0 Å². The average Bonchev–Trinajstić information content (AvgIpc) is 2.35. The molecular weight excluding hydrogens is 204 g/mol. The van der Waals surface area contributed by atoms with Crippen LogP contribution in [0.2, 0.25) is 0 Å². The largest absolute Gasteiger partial charge is 0.338 e. The van der Waals surface area contributed by atoms with Crippen molar-refractivity contribution in [3.63, 3.8) is 0 Å². The molecule has 0 spiro atoms. The summed E-state index contributed by atoms with van der Waals surface area (Å²) in [6, 6.07) is 0.182. The first-order chi connectivity index (χ1) is 7.66. The minimum atomic E-state index is -0.0864. The number of carbonyl (C=O) groups excluding carboxylic acids is 1. The maximum Gasteiger partial charge on any atom is 0.274 e. The standard InChI is InChI=1S/C11H18N4O/c1-9(4-5-12-2)15(3)11(16)10-8-13-6-7-14-10/h6-9,12H,4-5H2,1-3H3. The molecule has 1 aromatic heterocycles. The van der Waals surface area contributed by atoms with Crippen LogP contribution in [0.4, 0.5) is 0 Å².